The van der Waals surface area contributed by atoms with Crippen LogP contribution < -0.4 is 5.32 Å². The van der Waals surface area contributed by atoms with Gasteiger partial charge in [0.05, 0.1) is 0 Å². The minimum Gasteiger partial charge on any atom is -0.356 e. The van der Waals surface area contributed by atoms with Gasteiger partial charge in [-0.1, -0.05) is 37.3 Å². The second-order valence-electron chi connectivity index (χ2n) is 5.63. The molecule has 1 aromatic rings. The molecule has 4 nitrogen and oxygen atoms in total. The van der Waals surface area contributed by atoms with Crippen LogP contribution in [0.4, 0.5) is 0 Å². The zero-order valence-corrected chi connectivity index (χ0v) is 13.1. The van der Waals surface area contributed by atoms with Crippen LogP contribution in [0.1, 0.15) is 31.7 Å². The number of carbonyl (C=O) groups excluding carboxylic acids is 2. The number of likely N-dealkylation sites (tertiary alicyclic amines) is 1. The maximum absolute atomic E-state index is 12.2. The van der Waals surface area contributed by atoms with Gasteiger partial charge in [-0.05, 0) is 30.9 Å². The van der Waals surface area contributed by atoms with Gasteiger partial charge < -0.3 is 10.2 Å². The van der Waals surface area contributed by atoms with Gasteiger partial charge in [0.1, 0.15) is 0 Å². The SMILES string of the molecule is CCCNC(=O)C1CCN(C(=O)C=Cc2ccccc2)CC1. The van der Waals surface area contributed by atoms with Crippen molar-refractivity contribution in [2.75, 3.05) is 19.6 Å². The fraction of sp³-hybridized carbons (Fsp3) is 0.444. The largest absolute Gasteiger partial charge is 0.356 e. The second-order valence-corrected chi connectivity index (χ2v) is 5.63. The van der Waals surface area contributed by atoms with Crippen molar-refractivity contribution in [3.63, 3.8) is 0 Å². The molecule has 1 N–H and O–H groups in total. The summed E-state index contributed by atoms with van der Waals surface area (Å²) in [5.41, 5.74) is 1.02. The van der Waals surface area contributed by atoms with Crippen molar-refractivity contribution in [1.29, 1.82) is 0 Å². The topological polar surface area (TPSA) is 49.4 Å². The predicted molar refractivity (Wildman–Crippen MR) is 88.1 cm³/mol. The maximum Gasteiger partial charge on any atom is 0.246 e. The van der Waals surface area contributed by atoms with Crippen molar-refractivity contribution in [3.05, 3.63) is 42.0 Å². The molecule has 1 saturated heterocycles. The Morgan fingerprint density at radius 2 is 1.91 bits per heavy atom. The number of nitrogens with zero attached hydrogens (tertiary/aromatic N) is 1. The van der Waals surface area contributed by atoms with Crippen molar-refractivity contribution in [1.82, 2.24) is 10.2 Å². The smallest absolute Gasteiger partial charge is 0.246 e. The van der Waals surface area contributed by atoms with Crippen LogP contribution in [0.3, 0.4) is 0 Å². The Morgan fingerprint density at radius 3 is 2.55 bits per heavy atom. The van der Waals surface area contributed by atoms with Crippen LogP contribution in [0.5, 0.6) is 0 Å². The lowest BCUT2D eigenvalue weighted by Gasteiger charge is -2.30. The predicted octanol–water partition coefficient (Wildman–Crippen LogP) is 2.46. The zero-order valence-electron chi connectivity index (χ0n) is 13.1. The van der Waals surface area contributed by atoms with Gasteiger partial charge in [-0.25, -0.2) is 0 Å². The molecule has 22 heavy (non-hydrogen) atoms. The van der Waals surface area contributed by atoms with Crippen LogP contribution in [0.25, 0.3) is 6.08 Å². The first-order valence-corrected chi connectivity index (χ1v) is 8.00. The molecule has 1 heterocycles. The number of nitrogens with one attached hydrogen (secondary N) is 1. The fourth-order valence-corrected chi connectivity index (χ4v) is 2.59. The molecule has 118 valence electrons. The van der Waals surface area contributed by atoms with Crippen LogP contribution in [-0.4, -0.2) is 36.3 Å². The van der Waals surface area contributed by atoms with Crippen LogP contribution in [0, 0.1) is 5.92 Å². The van der Waals surface area contributed by atoms with Gasteiger partial charge in [-0.15, -0.1) is 0 Å². The lowest BCUT2D eigenvalue weighted by atomic mass is 9.96. The van der Waals surface area contributed by atoms with Gasteiger partial charge in [0.15, 0.2) is 0 Å². The molecule has 0 bridgehead atoms. The number of piperidine rings is 1. The summed E-state index contributed by atoms with van der Waals surface area (Å²) >= 11 is 0. The minimum atomic E-state index is 0.0243. The molecule has 4 heteroatoms. The molecule has 1 aliphatic rings. The summed E-state index contributed by atoms with van der Waals surface area (Å²) in [6, 6.07) is 9.78. The third kappa shape index (κ3) is 4.72. The van der Waals surface area contributed by atoms with E-state index in [0.29, 0.717) is 13.1 Å². The second kappa shape index (κ2) is 8.37. The van der Waals surface area contributed by atoms with Gasteiger partial charge in [0.25, 0.3) is 0 Å². The first-order chi connectivity index (χ1) is 10.7. The van der Waals surface area contributed by atoms with Crippen molar-refractivity contribution in [3.8, 4) is 0 Å². The maximum atomic E-state index is 12.2. The van der Waals surface area contributed by atoms with E-state index in [1.54, 1.807) is 6.08 Å². The Balaban J connectivity index is 1.80. The number of hydrogen-bond donors (Lipinski definition) is 1. The molecule has 0 radical (unpaired) electrons. The molecule has 0 spiro atoms. The Morgan fingerprint density at radius 1 is 1.23 bits per heavy atom. The third-order valence-electron chi connectivity index (χ3n) is 3.94. The third-order valence-corrected chi connectivity index (χ3v) is 3.94. The van der Waals surface area contributed by atoms with Crippen molar-refractivity contribution >= 4 is 17.9 Å². The summed E-state index contributed by atoms with van der Waals surface area (Å²) in [4.78, 5) is 25.9. The quantitative estimate of drug-likeness (QED) is 0.849. The fourth-order valence-electron chi connectivity index (χ4n) is 2.59. The number of rotatable bonds is 5. The van der Waals surface area contributed by atoms with E-state index >= 15 is 0 Å². The standard InChI is InChI=1S/C18H24N2O2/c1-2-12-19-18(22)16-10-13-20(14-11-16)17(21)9-8-15-6-4-3-5-7-15/h3-9,16H,2,10-14H2,1H3,(H,19,22). The molecule has 0 saturated carbocycles. The van der Waals surface area contributed by atoms with Gasteiger partial charge in [0.2, 0.25) is 11.8 Å². The first kappa shape index (κ1) is 16.3. The van der Waals surface area contributed by atoms with Crippen LogP contribution >= 0.6 is 0 Å². The molecule has 2 rings (SSSR count). The van der Waals surface area contributed by atoms with Crippen molar-refractivity contribution in [2.24, 2.45) is 5.92 Å². The van der Waals surface area contributed by atoms with E-state index in [9.17, 15) is 9.59 Å². The lowest BCUT2D eigenvalue weighted by Crippen LogP contribution is -2.42. The Bertz CT molecular complexity index is 517. The van der Waals surface area contributed by atoms with Gasteiger partial charge in [-0.2, -0.15) is 0 Å². The van der Waals surface area contributed by atoms with Gasteiger partial charge in [0, 0.05) is 31.6 Å². The summed E-state index contributed by atoms with van der Waals surface area (Å²) in [6.07, 6.45) is 5.91. The van der Waals surface area contributed by atoms with Crippen LogP contribution in [0.15, 0.2) is 36.4 Å². The summed E-state index contributed by atoms with van der Waals surface area (Å²) in [5.74, 6) is 0.207. The number of hydrogen-bond acceptors (Lipinski definition) is 2. The van der Waals surface area contributed by atoms with Gasteiger partial charge >= 0.3 is 0 Å². The molecule has 1 aliphatic heterocycles. The Labute approximate surface area is 132 Å². The average Bonchev–Trinajstić information content (AvgIpc) is 2.58. The highest BCUT2D eigenvalue weighted by Crippen LogP contribution is 2.18. The van der Waals surface area contributed by atoms with E-state index in [1.807, 2.05) is 48.2 Å². The average molecular weight is 300 g/mol. The van der Waals surface area contributed by atoms with E-state index in [2.05, 4.69) is 5.32 Å². The van der Waals surface area contributed by atoms with E-state index < -0.39 is 0 Å². The monoisotopic (exact) mass is 300 g/mol. The number of carbonyl (C=O) groups is 2. The van der Waals surface area contributed by atoms with E-state index in [4.69, 9.17) is 0 Å². The lowest BCUT2D eigenvalue weighted by molar-refractivity contribution is -0.132. The molecule has 0 unspecified atom stereocenters. The molecule has 1 aromatic carbocycles. The van der Waals surface area contributed by atoms with Crippen LogP contribution in [-0.2, 0) is 9.59 Å². The molecule has 0 atom stereocenters. The van der Waals surface area contributed by atoms with Crippen molar-refractivity contribution < 1.29 is 9.59 Å². The highest BCUT2D eigenvalue weighted by molar-refractivity contribution is 5.92. The summed E-state index contributed by atoms with van der Waals surface area (Å²) in [5, 5.41) is 2.94. The number of benzene rings is 1. The molecular formula is C18H24N2O2. The normalized spacial score (nSPS) is 16.0. The summed E-state index contributed by atoms with van der Waals surface area (Å²) in [7, 11) is 0. The number of amides is 2. The molecule has 1 fully saturated rings. The summed E-state index contributed by atoms with van der Waals surface area (Å²) < 4.78 is 0. The molecule has 0 aromatic heterocycles. The molecule has 0 aliphatic carbocycles. The van der Waals surface area contributed by atoms with E-state index in [-0.39, 0.29) is 17.7 Å². The first-order valence-electron chi connectivity index (χ1n) is 8.00. The highest BCUT2D eigenvalue weighted by Gasteiger charge is 2.26. The zero-order chi connectivity index (χ0) is 15.8. The van der Waals surface area contributed by atoms with Crippen molar-refractivity contribution in [2.45, 2.75) is 26.2 Å². The molecular weight excluding hydrogens is 276 g/mol. The van der Waals surface area contributed by atoms with E-state index in [1.165, 1.54) is 0 Å². The minimum absolute atomic E-state index is 0.0243. The summed E-state index contributed by atoms with van der Waals surface area (Å²) in [6.45, 7) is 4.09. The van der Waals surface area contributed by atoms with Crippen LogP contribution in [0.2, 0.25) is 0 Å². The van der Waals surface area contributed by atoms with E-state index in [0.717, 1.165) is 31.4 Å². The van der Waals surface area contributed by atoms with Gasteiger partial charge in [-0.3, -0.25) is 9.59 Å². The molecule has 2 amide bonds. The Kier molecular flexibility index (Phi) is 6.19. The Hall–Kier alpha value is -2.10. The highest BCUT2D eigenvalue weighted by atomic mass is 16.2.